The van der Waals surface area contributed by atoms with Crippen molar-refractivity contribution in [2.45, 2.75) is 24.8 Å². The second-order valence-corrected chi connectivity index (χ2v) is 4.31. The van der Waals surface area contributed by atoms with E-state index < -0.39 is 0 Å². The van der Waals surface area contributed by atoms with Gasteiger partial charge in [0, 0.05) is 10.6 Å². The third kappa shape index (κ3) is 4.24. The van der Waals surface area contributed by atoms with Crippen molar-refractivity contribution in [3.8, 4) is 0 Å². The lowest BCUT2D eigenvalue weighted by Gasteiger charge is -2.06. The highest BCUT2D eigenvalue weighted by atomic mass is 32.2. The van der Waals surface area contributed by atoms with E-state index in [4.69, 9.17) is 9.84 Å². The maximum absolute atomic E-state index is 11.1. The number of aliphatic hydroxyl groups is 1. The Morgan fingerprint density at radius 2 is 2.19 bits per heavy atom. The molecule has 1 rings (SSSR count). The lowest BCUT2D eigenvalue weighted by Crippen LogP contribution is -2.04. The molecule has 0 saturated heterocycles. The fourth-order valence-corrected chi connectivity index (χ4v) is 2.23. The monoisotopic (exact) mass is 240 g/mol. The fourth-order valence-electron chi connectivity index (χ4n) is 1.25. The summed E-state index contributed by atoms with van der Waals surface area (Å²) in [5.74, 6) is 0.507. The van der Waals surface area contributed by atoms with Crippen LogP contribution in [0, 0.1) is 0 Å². The second-order valence-electron chi connectivity index (χ2n) is 3.17. The topological polar surface area (TPSA) is 46.5 Å². The van der Waals surface area contributed by atoms with Gasteiger partial charge in [0.25, 0.3) is 0 Å². The van der Waals surface area contributed by atoms with E-state index in [1.807, 2.05) is 24.3 Å². The molecule has 0 spiro atoms. The van der Waals surface area contributed by atoms with E-state index in [1.165, 1.54) is 0 Å². The Morgan fingerprint density at radius 3 is 2.88 bits per heavy atom. The van der Waals surface area contributed by atoms with Gasteiger partial charge in [-0.05, 0) is 18.6 Å². The fraction of sp³-hybridized carbons (Fsp3) is 0.417. The molecule has 0 bridgehead atoms. The van der Waals surface area contributed by atoms with Gasteiger partial charge in [-0.15, -0.1) is 11.8 Å². The maximum atomic E-state index is 11.1. The summed E-state index contributed by atoms with van der Waals surface area (Å²) in [6.07, 6.45) is 0.401. The molecule has 16 heavy (non-hydrogen) atoms. The molecule has 0 aliphatic heterocycles. The third-order valence-electron chi connectivity index (χ3n) is 2.01. The van der Waals surface area contributed by atoms with E-state index in [2.05, 4.69) is 0 Å². The Kier molecular flexibility index (Phi) is 5.96. The van der Waals surface area contributed by atoms with E-state index >= 15 is 0 Å². The van der Waals surface area contributed by atoms with Crippen LogP contribution in [0.2, 0.25) is 0 Å². The van der Waals surface area contributed by atoms with Crippen molar-refractivity contribution in [1.82, 2.24) is 0 Å². The minimum Gasteiger partial charge on any atom is -0.466 e. The molecule has 0 fully saturated rings. The molecule has 0 heterocycles. The summed E-state index contributed by atoms with van der Waals surface area (Å²) < 4.78 is 4.83. The number of benzene rings is 1. The third-order valence-corrected chi connectivity index (χ3v) is 3.13. The number of hydrogen-bond donors (Lipinski definition) is 1. The van der Waals surface area contributed by atoms with Crippen molar-refractivity contribution < 1.29 is 14.6 Å². The van der Waals surface area contributed by atoms with Gasteiger partial charge in [-0.1, -0.05) is 18.2 Å². The van der Waals surface area contributed by atoms with Gasteiger partial charge in [-0.2, -0.15) is 0 Å². The predicted molar refractivity (Wildman–Crippen MR) is 64.3 cm³/mol. The van der Waals surface area contributed by atoms with Gasteiger partial charge in [0.1, 0.15) is 0 Å². The van der Waals surface area contributed by atoms with Crippen LogP contribution in [0.5, 0.6) is 0 Å². The van der Waals surface area contributed by atoms with Crippen molar-refractivity contribution in [1.29, 1.82) is 0 Å². The van der Waals surface area contributed by atoms with Crippen LogP contribution in [0.1, 0.15) is 18.9 Å². The van der Waals surface area contributed by atoms with Gasteiger partial charge in [-0.3, -0.25) is 4.79 Å². The van der Waals surface area contributed by atoms with Gasteiger partial charge < -0.3 is 9.84 Å². The Bertz CT molecular complexity index is 339. The van der Waals surface area contributed by atoms with Crippen LogP contribution in [0.3, 0.4) is 0 Å². The Hall–Kier alpha value is -1.00. The van der Waals surface area contributed by atoms with Gasteiger partial charge in [-0.25, -0.2) is 0 Å². The first-order chi connectivity index (χ1) is 7.77. The highest BCUT2D eigenvalue weighted by Crippen LogP contribution is 2.23. The van der Waals surface area contributed by atoms with Gasteiger partial charge in [0.05, 0.1) is 19.6 Å². The summed E-state index contributed by atoms with van der Waals surface area (Å²) in [4.78, 5) is 12.1. The molecule has 0 aliphatic rings. The molecular weight excluding hydrogens is 224 g/mol. The van der Waals surface area contributed by atoms with Crippen molar-refractivity contribution >= 4 is 17.7 Å². The average Bonchev–Trinajstić information content (AvgIpc) is 2.30. The van der Waals surface area contributed by atoms with Gasteiger partial charge in [0.2, 0.25) is 0 Å². The highest BCUT2D eigenvalue weighted by molar-refractivity contribution is 7.99. The molecule has 1 aromatic rings. The smallest absolute Gasteiger partial charge is 0.306 e. The van der Waals surface area contributed by atoms with Crippen LogP contribution in [0.15, 0.2) is 29.2 Å². The van der Waals surface area contributed by atoms with Crippen LogP contribution in [0.4, 0.5) is 0 Å². The normalized spacial score (nSPS) is 10.1. The second kappa shape index (κ2) is 7.30. The number of carbonyl (C=O) groups excluding carboxylic acids is 1. The highest BCUT2D eigenvalue weighted by Gasteiger charge is 2.04. The van der Waals surface area contributed by atoms with E-state index in [-0.39, 0.29) is 12.6 Å². The van der Waals surface area contributed by atoms with Crippen molar-refractivity contribution in [3.05, 3.63) is 29.8 Å². The van der Waals surface area contributed by atoms with E-state index in [9.17, 15) is 4.79 Å². The SMILES string of the molecule is CCOC(=O)CCSc1ccccc1CO. The number of carbonyl (C=O) groups is 1. The molecule has 0 unspecified atom stereocenters. The van der Waals surface area contributed by atoms with Crippen molar-refractivity contribution in [2.24, 2.45) is 0 Å². The van der Waals surface area contributed by atoms with Crippen LogP contribution < -0.4 is 0 Å². The lowest BCUT2D eigenvalue weighted by atomic mass is 10.2. The molecule has 1 aromatic carbocycles. The summed E-state index contributed by atoms with van der Waals surface area (Å²) in [6, 6.07) is 7.64. The van der Waals surface area contributed by atoms with Crippen LogP contribution in [-0.4, -0.2) is 23.4 Å². The summed E-state index contributed by atoms with van der Waals surface area (Å²) >= 11 is 1.56. The lowest BCUT2D eigenvalue weighted by molar-refractivity contribution is -0.142. The summed E-state index contributed by atoms with van der Waals surface area (Å²) in [6.45, 7) is 2.26. The number of rotatable bonds is 6. The Morgan fingerprint density at radius 1 is 1.44 bits per heavy atom. The first-order valence-corrected chi connectivity index (χ1v) is 6.23. The molecule has 0 saturated carbocycles. The number of aliphatic hydroxyl groups excluding tert-OH is 1. The number of hydrogen-bond acceptors (Lipinski definition) is 4. The summed E-state index contributed by atoms with van der Waals surface area (Å²) in [7, 11) is 0. The summed E-state index contributed by atoms with van der Waals surface area (Å²) in [5, 5.41) is 9.11. The molecule has 0 aromatic heterocycles. The van der Waals surface area contributed by atoms with Crippen LogP contribution in [-0.2, 0) is 16.1 Å². The van der Waals surface area contributed by atoms with Crippen LogP contribution in [0.25, 0.3) is 0 Å². The molecule has 0 atom stereocenters. The number of thioether (sulfide) groups is 1. The summed E-state index contributed by atoms with van der Waals surface area (Å²) in [5.41, 5.74) is 0.899. The van der Waals surface area contributed by atoms with Crippen molar-refractivity contribution in [2.75, 3.05) is 12.4 Å². The molecule has 0 aliphatic carbocycles. The van der Waals surface area contributed by atoms with E-state index in [1.54, 1.807) is 18.7 Å². The first-order valence-electron chi connectivity index (χ1n) is 5.25. The Balaban J connectivity index is 2.39. The number of ether oxygens (including phenoxy) is 1. The van der Waals surface area contributed by atoms with E-state index in [0.29, 0.717) is 18.8 Å². The molecule has 0 amide bonds. The minimum absolute atomic E-state index is 0.0303. The van der Waals surface area contributed by atoms with Crippen molar-refractivity contribution in [3.63, 3.8) is 0 Å². The molecule has 0 radical (unpaired) electrons. The molecule has 1 N–H and O–H groups in total. The zero-order valence-electron chi connectivity index (χ0n) is 9.31. The van der Waals surface area contributed by atoms with Gasteiger partial charge in [0.15, 0.2) is 0 Å². The largest absolute Gasteiger partial charge is 0.466 e. The zero-order valence-corrected chi connectivity index (χ0v) is 10.1. The van der Waals surface area contributed by atoms with Gasteiger partial charge >= 0.3 is 5.97 Å². The number of esters is 1. The molecule has 3 nitrogen and oxygen atoms in total. The maximum Gasteiger partial charge on any atom is 0.306 e. The quantitative estimate of drug-likeness (QED) is 0.612. The predicted octanol–water partition coefficient (Wildman–Crippen LogP) is 2.22. The van der Waals surface area contributed by atoms with E-state index in [0.717, 1.165) is 10.5 Å². The zero-order chi connectivity index (χ0) is 11.8. The standard InChI is InChI=1S/C12H16O3S/c1-2-15-12(14)7-8-16-11-6-4-3-5-10(11)9-13/h3-6,13H,2,7-9H2,1H3. The molecule has 88 valence electrons. The Labute approximate surface area is 99.8 Å². The van der Waals surface area contributed by atoms with Crippen LogP contribution >= 0.6 is 11.8 Å². The molecule has 4 heteroatoms. The molecular formula is C12H16O3S. The minimum atomic E-state index is -0.170. The average molecular weight is 240 g/mol. The first kappa shape index (κ1) is 13.1.